The molecule has 136 valence electrons. The zero-order valence-corrected chi connectivity index (χ0v) is 14.8. The van der Waals surface area contributed by atoms with Crippen LogP contribution in [0.2, 0.25) is 0 Å². The van der Waals surface area contributed by atoms with Crippen LogP contribution in [0.1, 0.15) is 36.2 Å². The van der Waals surface area contributed by atoms with Crippen LogP contribution in [-0.4, -0.2) is 31.9 Å². The lowest BCUT2D eigenvalue weighted by molar-refractivity contribution is 0.168. The van der Waals surface area contributed by atoms with Crippen molar-refractivity contribution in [3.63, 3.8) is 0 Å². The average molecular weight is 348 g/mol. The Morgan fingerprint density at radius 1 is 1.24 bits per heavy atom. The molecule has 0 bridgehead atoms. The van der Waals surface area contributed by atoms with Crippen molar-refractivity contribution >= 4 is 6.03 Å². The number of carbonyl (C=O) groups excluding carboxylic acids is 1. The molecule has 1 heterocycles. The summed E-state index contributed by atoms with van der Waals surface area (Å²) in [7, 11) is 3.06. The minimum absolute atomic E-state index is 0.0270. The summed E-state index contributed by atoms with van der Waals surface area (Å²) in [4.78, 5) is 12.0. The number of hydrogen-bond acceptors (Lipinski definition) is 5. The van der Waals surface area contributed by atoms with E-state index in [9.17, 15) is 9.90 Å². The van der Waals surface area contributed by atoms with Crippen molar-refractivity contribution in [1.82, 2.24) is 10.6 Å². The van der Waals surface area contributed by atoms with Gasteiger partial charge in [0.05, 0.1) is 20.3 Å². The van der Waals surface area contributed by atoms with Gasteiger partial charge < -0.3 is 29.6 Å². The van der Waals surface area contributed by atoms with Crippen LogP contribution >= 0.6 is 0 Å². The van der Waals surface area contributed by atoms with Gasteiger partial charge in [-0.15, -0.1) is 0 Å². The minimum Gasteiger partial charge on any atom is -0.497 e. The van der Waals surface area contributed by atoms with Crippen LogP contribution in [0.5, 0.6) is 11.5 Å². The maximum absolute atomic E-state index is 12.0. The van der Waals surface area contributed by atoms with Gasteiger partial charge in [-0.05, 0) is 44.2 Å². The Morgan fingerprint density at radius 3 is 2.60 bits per heavy atom. The van der Waals surface area contributed by atoms with E-state index in [1.54, 1.807) is 25.3 Å². The van der Waals surface area contributed by atoms with Crippen LogP contribution in [0.15, 0.2) is 34.7 Å². The topological polar surface area (TPSA) is 93.0 Å². The lowest BCUT2D eigenvalue weighted by atomic mass is 10.1. The standard InChI is InChI=1S/C18H24N2O5/c1-11-5-7-16(25-11)12(2)20-18(22)19-10-15(21)14-9-13(23-3)6-8-17(14)24-4/h5-9,12,15,21H,10H2,1-4H3,(H2,19,20,22)/t12-,15+/m0/s1. The number of rotatable bonds is 7. The number of aliphatic hydroxyl groups excluding tert-OH is 1. The number of benzene rings is 1. The molecule has 0 aliphatic carbocycles. The number of hydrogen-bond donors (Lipinski definition) is 3. The second-order valence-corrected chi connectivity index (χ2v) is 5.65. The first kappa shape index (κ1) is 18.7. The summed E-state index contributed by atoms with van der Waals surface area (Å²) in [5, 5.41) is 15.8. The number of urea groups is 1. The molecular formula is C18H24N2O5. The quantitative estimate of drug-likeness (QED) is 0.715. The van der Waals surface area contributed by atoms with E-state index in [1.807, 2.05) is 26.0 Å². The molecular weight excluding hydrogens is 324 g/mol. The Balaban J connectivity index is 1.93. The highest BCUT2D eigenvalue weighted by Crippen LogP contribution is 2.29. The molecule has 2 aromatic rings. The first-order valence-electron chi connectivity index (χ1n) is 7.95. The average Bonchev–Trinajstić information content (AvgIpc) is 3.05. The number of amides is 2. The zero-order valence-electron chi connectivity index (χ0n) is 14.8. The van der Waals surface area contributed by atoms with Crippen molar-refractivity contribution in [3.8, 4) is 11.5 Å². The predicted octanol–water partition coefficient (Wildman–Crippen LogP) is 2.70. The van der Waals surface area contributed by atoms with Gasteiger partial charge in [-0.25, -0.2) is 4.79 Å². The Kier molecular flexibility index (Phi) is 6.30. The van der Waals surface area contributed by atoms with Gasteiger partial charge in [-0.3, -0.25) is 0 Å². The van der Waals surface area contributed by atoms with Gasteiger partial charge in [-0.1, -0.05) is 0 Å². The van der Waals surface area contributed by atoms with Crippen molar-refractivity contribution in [2.75, 3.05) is 20.8 Å². The molecule has 2 atom stereocenters. The number of aryl methyl sites for hydroxylation is 1. The van der Waals surface area contributed by atoms with Gasteiger partial charge in [0.2, 0.25) is 0 Å². The van der Waals surface area contributed by atoms with Gasteiger partial charge in [0.15, 0.2) is 0 Å². The van der Waals surface area contributed by atoms with E-state index in [0.717, 1.165) is 5.76 Å². The molecule has 0 aliphatic heterocycles. The van der Waals surface area contributed by atoms with E-state index in [-0.39, 0.29) is 12.6 Å². The van der Waals surface area contributed by atoms with Crippen molar-refractivity contribution in [1.29, 1.82) is 0 Å². The van der Waals surface area contributed by atoms with E-state index >= 15 is 0 Å². The van der Waals surface area contributed by atoms with E-state index in [0.29, 0.717) is 22.8 Å². The minimum atomic E-state index is -0.933. The third kappa shape index (κ3) is 4.90. The largest absolute Gasteiger partial charge is 0.497 e. The summed E-state index contributed by atoms with van der Waals surface area (Å²) in [6, 6.07) is 8.10. The summed E-state index contributed by atoms with van der Waals surface area (Å²) in [6.07, 6.45) is -0.933. The lowest BCUT2D eigenvalue weighted by Gasteiger charge is -2.18. The summed E-state index contributed by atoms with van der Waals surface area (Å²) < 4.78 is 15.9. The van der Waals surface area contributed by atoms with Gasteiger partial charge in [0.1, 0.15) is 29.1 Å². The third-order valence-electron chi connectivity index (χ3n) is 3.79. The van der Waals surface area contributed by atoms with Crippen LogP contribution in [0.3, 0.4) is 0 Å². The molecule has 7 heteroatoms. The molecule has 0 saturated carbocycles. The maximum atomic E-state index is 12.0. The van der Waals surface area contributed by atoms with E-state index < -0.39 is 12.1 Å². The molecule has 1 aromatic heterocycles. The second kappa shape index (κ2) is 8.43. The number of nitrogens with one attached hydrogen (secondary N) is 2. The first-order valence-corrected chi connectivity index (χ1v) is 7.95. The Labute approximate surface area is 146 Å². The molecule has 0 spiro atoms. The molecule has 1 aromatic carbocycles. The molecule has 0 fully saturated rings. The Hall–Kier alpha value is -2.67. The van der Waals surface area contributed by atoms with E-state index in [1.165, 1.54) is 7.11 Å². The zero-order chi connectivity index (χ0) is 18.4. The maximum Gasteiger partial charge on any atom is 0.315 e. The van der Waals surface area contributed by atoms with Gasteiger partial charge >= 0.3 is 6.03 Å². The van der Waals surface area contributed by atoms with Crippen LogP contribution in [-0.2, 0) is 0 Å². The van der Waals surface area contributed by atoms with Crippen LogP contribution in [0, 0.1) is 6.92 Å². The van der Waals surface area contributed by atoms with Crippen molar-refractivity contribution in [2.45, 2.75) is 26.0 Å². The Morgan fingerprint density at radius 2 is 2.00 bits per heavy atom. The van der Waals surface area contributed by atoms with Crippen LogP contribution in [0.25, 0.3) is 0 Å². The molecule has 0 radical (unpaired) electrons. The smallest absolute Gasteiger partial charge is 0.315 e. The SMILES string of the molecule is COc1ccc(OC)c([C@H](O)CNC(=O)N[C@@H](C)c2ccc(C)o2)c1. The number of carbonyl (C=O) groups is 1. The fourth-order valence-electron chi connectivity index (χ4n) is 2.40. The molecule has 0 aliphatic rings. The normalized spacial score (nSPS) is 13.0. The van der Waals surface area contributed by atoms with Crippen molar-refractivity contribution in [3.05, 3.63) is 47.4 Å². The third-order valence-corrected chi connectivity index (χ3v) is 3.79. The van der Waals surface area contributed by atoms with Gasteiger partial charge in [-0.2, -0.15) is 0 Å². The summed E-state index contributed by atoms with van der Waals surface area (Å²) >= 11 is 0. The Bertz CT molecular complexity index is 713. The molecule has 0 saturated heterocycles. The molecule has 2 rings (SSSR count). The lowest BCUT2D eigenvalue weighted by Crippen LogP contribution is -2.39. The summed E-state index contributed by atoms with van der Waals surface area (Å²) in [5.41, 5.74) is 0.539. The fraction of sp³-hybridized carbons (Fsp3) is 0.389. The van der Waals surface area contributed by atoms with Gasteiger partial charge in [0, 0.05) is 12.1 Å². The molecule has 3 N–H and O–H groups in total. The monoisotopic (exact) mass is 348 g/mol. The van der Waals surface area contributed by atoms with E-state index in [4.69, 9.17) is 13.9 Å². The number of aliphatic hydroxyl groups is 1. The highest BCUT2D eigenvalue weighted by molar-refractivity contribution is 5.74. The molecule has 25 heavy (non-hydrogen) atoms. The predicted molar refractivity (Wildman–Crippen MR) is 92.9 cm³/mol. The molecule has 0 unspecified atom stereocenters. The first-order chi connectivity index (χ1) is 11.9. The summed E-state index contributed by atoms with van der Waals surface area (Å²) in [5.74, 6) is 2.57. The second-order valence-electron chi connectivity index (χ2n) is 5.65. The number of methoxy groups -OCH3 is 2. The van der Waals surface area contributed by atoms with E-state index in [2.05, 4.69) is 10.6 Å². The summed E-state index contributed by atoms with van der Waals surface area (Å²) in [6.45, 7) is 3.69. The van der Waals surface area contributed by atoms with Crippen molar-refractivity contribution in [2.24, 2.45) is 0 Å². The fourth-order valence-corrected chi connectivity index (χ4v) is 2.40. The molecule has 2 amide bonds. The van der Waals surface area contributed by atoms with Crippen LogP contribution < -0.4 is 20.1 Å². The van der Waals surface area contributed by atoms with Crippen LogP contribution in [0.4, 0.5) is 4.79 Å². The van der Waals surface area contributed by atoms with Gasteiger partial charge in [0.25, 0.3) is 0 Å². The number of ether oxygens (including phenoxy) is 2. The van der Waals surface area contributed by atoms with Crippen molar-refractivity contribution < 1.29 is 23.8 Å². The highest BCUT2D eigenvalue weighted by atomic mass is 16.5. The number of furan rings is 1. The highest BCUT2D eigenvalue weighted by Gasteiger charge is 2.17. The molecule has 7 nitrogen and oxygen atoms in total.